The number of hydrogen-bond acceptors (Lipinski definition) is 2. The molecule has 0 unspecified atom stereocenters. The van der Waals surface area contributed by atoms with Crippen molar-refractivity contribution in [2.75, 3.05) is 0 Å². The van der Waals surface area contributed by atoms with Crippen LogP contribution in [-0.2, 0) is 13.0 Å². The first kappa shape index (κ1) is 12.0. The standard InChI is InChI=1S/C15H18N4/c1-3-4-12-5-6-19(8-12)9-13-7-11(2)18-15-14(13)16-10-17-15/h5-8,10H,3-4,9H2,1-2H3,(H,16,17,18). The molecule has 0 aliphatic rings. The Kier molecular flexibility index (Phi) is 3.07. The molecule has 19 heavy (non-hydrogen) atoms. The Morgan fingerprint density at radius 1 is 1.37 bits per heavy atom. The Morgan fingerprint density at radius 3 is 3.11 bits per heavy atom. The van der Waals surface area contributed by atoms with E-state index in [1.165, 1.54) is 17.5 Å². The minimum atomic E-state index is 0.802. The third-order valence-corrected chi connectivity index (χ3v) is 3.31. The Bertz CT molecular complexity index is 693. The molecule has 0 bridgehead atoms. The van der Waals surface area contributed by atoms with E-state index in [1.807, 2.05) is 6.92 Å². The lowest BCUT2D eigenvalue weighted by molar-refractivity contribution is 0.800. The van der Waals surface area contributed by atoms with Crippen molar-refractivity contribution in [1.82, 2.24) is 19.5 Å². The molecule has 0 aliphatic carbocycles. The van der Waals surface area contributed by atoms with E-state index >= 15 is 0 Å². The number of hydrogen-bond donors (Lipinski definition) is 1. The maximum atomic E-state index is 4.42. The molecule has 0 amide bonds. The van der Waals surface area contributed by atoms with E-state index in [0.29, 0.717) is 0 Å². The number of nitrogens with zero attached hydrogens (tertiary/aromatic N) is 3. The summed E-state index contributed by atoms with van der Waals surface area (Å²) in [5.74, 6) is 0. The van der Waals surface area contributed by atoms with E-state index in [9.17, 15) is 0 Å². The third-order valence-electron chi connectivity index (χ3n) is 3.31. The van der Waals surface area contributed by atoms with Crippen molar-refractivity contribution in [2.45, 2.75) is 33.2 Å². The molecular formula is C15H18N4. The lowest BCUT2D eigenvalue weighted by Crippen LogP contribution is -1.99. The molecule has 0 aliphatic heterocycles. The summed E-state index contributed by atoms with van der Waals surface area (Å²) in [6.07, 6.45) is 8.40. The van der Waals surface area contributed by atoms with Crippen LogP contribution >= 0.6 is 0 Å². The monoisotopic (exact) mass is 254 g/mol. The number of rotatable bonds is 4. The Labute approximate surface area is 112 Å². The fourth-order valence-electron chi connectivity index (χ4n) is 2.48. The van der Waals surface area contributed by atoms with Gasteiger partial charge in [0.05, 0.1) is 11.8 Å². The van der Waals surface area contributed by atoms with E-state index < -0.39 is 0 Å². The minimum Gasteiger partial charge on any atom is -0.350 e. The van der Waals surface area contributed by atoms with E-state index in [1.54, 1.807) is 6.33 Å². The number of aromatic amines is 1. The predicted octanol–water partition coefficient (Wildman–Crippen LogP) is 3.07. The van der Waals surface area contributed by atoms with Gasteiger partial charge in [-0.15, -0.1) is 0 Å². The van der Waals surface area contributed by atoms with Crippen molar-refractivity contribution in [3.05, 3.63) is 47.7 Å². The molecule has 3 aromatic heterocycles. The summed E-state index contributed by atoms with van der Waals surface area (Å²) >= 11 is 0. The second-order valence-corrected chi connectivity index (χ2v) is 4.97. The van der Waals surface area contributed by atoms with Gasteiger partial charge in [-0.3, -0.25) is 0 Å². The highest BCUT2D eigenvalue weighted by molar-refractivity contribution is 5.74. The van der Waals surface area contributed by atoms with Crippen LogP contribution in [0.4, 0.5) is 0 Å². The Morgan fingerprint density at radius 2 is 2.26 bits per heavy atom. The SMILES string of the molecule is CCCc1ccn(Cc2cc(C)nc3nc[nH]c23)c1. The molecule has 3 rings (SSSR count). The second kappa shape index (κ2) is 4.88. The zero-order valence-electron chi connectivity index (χ0n) is 11.3. The molecule has 0 fully saturated rings. The van der Waals surface area contributed by atoms with Gasteiger partial charge >= 0.3 is 0 Å². The van der Waals surface area contributed by atoms with Crippen LogP contribution in [0.25, 0.3) is 11.2 Å². The predicted molar refractivity (Wildman–Crippen MR) is 76.2 cm³/mol. The molecule has 4 heteroatoms. The van der Waals surface area contributed by atoms with E-state index in [2.05, 4.69) is 51.0 Å². The van der Waals surface area contributed by atoms with E-state index in [-0.39, 0.29) is 0 Å². The fraction of sp³-hybridized carbons (Fsp3) is 0.333. The van der Waals surface area contributed by atoms with Crippen LogP contribution < -0.4 is 0 Å². The Hall–Kier alpha value is -2.10. The fourth-order valence-corrected chi connectivity index (χ4v) is 2.48. The van der Waals surface area contributed by atoms with Crippen LogP contribution in [-0.4, -0.2) is 19.5 Å². The van der Waals surface area contributed by atoms with Gasteiger partial charge in [-0.25, -0.2) is 9.97 Å². The first-order valence-corrected chi connectivity index (χ1v) is 6.70. The maximum Gasteiger partial charge on any atom is 0.177 e. The zero-order chi connectivity index (χ0) is 13.2. The molecule has 0 saturated carbocycles. The van der Waals surface area contributed by atoms with Crippen molar-refractivity contribution in [3.63, 3.8) is 0 Å². The number of aromatic nitrogens is 4. The first-order valence-electron chi connectivity index (χ1n) is 6.70. The summed E-state index contributed by atoms with van der Waals surface area (Å²) in [6, 6.07) is 4.32. The van der Waals surface area contributed by atoms with Gasteiger partial charge in [0.2, 0.25) is 0 Å². The summed E-state index contributed by atoms with van der Waals surface area (Å²) in [5, 5.41) is 0. The van der Waals surface area contributed by atoms with Gasteiger partial charge < -0.3 is 9.55 Å². The molecule has 0 spiro atoms. The van der Waals surface area contributed by atoms with Gasteiger partial charge in [-0.05, 0) is 31.0 Å². The number of aryl methyl sites for hydroxylation is 2. The summed E-state index contributed by atoms with van der Waals surface area (Å²) < 4.78 is 2.22. The van der Waals surface area contributed by atoms with Gasteiger partial charge in [0.1, 0.15) is 0 Å². The second-order valence-electron chi connectivity index (χ2n) is 4.97. The number of fused-ring (bicyclic) bond motifs is 1. The molecular weight excluding hydrogens is 236 g/mol. The van der Waals surface area contributed by atoms with Gasteiger partial charge in [0.15, 0.2) is 5.65 Å². The van der Waals surface area contributed by atoms with Gasteiger partial charge in [-0.1, -0.05) is 13.3 Å². The van der Waals surface area contributed by atoms with Crippen LogP contribution in [0.3, 0.4) is 0 Å². The van der Waals surface area contributed by atoms with Crippen molar-refractivity contribution >= 4 is 11.2 Å². The molecule has 0 saturated heterocycles. The number of pyridine rings is 1. The zero-order valence-corrected chi connectivity index (χ0v) is 11.3. The van der Waals surface area contributed by atoms with Crippen molar-refractivity contribution in [3.8, 4) is 0 Å². The summed E-state index contributed by atoms with van der Waals surface area (Å²) in [4.78, 5) is 11.8. The molecule has 3 heterocycles. The van der Waals surface area contributed by atoms with Crippen LogP contribution in [0.2, 0.25) is 0 Å². The highest BCUT2D eigenvalue weighted by Gasteiger charge is 2.07. The molecule has 0 radical (unpaired) electrons. The first-order chi connectivity index (χ1) is 9.26. The number of H-pyrrole nitrogens is 1. The Balaban J connectivity index is 1.93. The number of imidazole rings is 1. The van der Waals surface area contributed by atoms with Crippen molar-refractivity contribution in [2.24, 2.45) is 0 Å². The summed E-state index contributed by atoms with van der Waals surface area (Å²) in [5.41, 5.74) is 5.48. The molecule has 3 aromatic rings. The quantitative estimate of drug-likeness (QED) is 0.777. The van der Waals surface area contributed by atoms with E-state index in [0.717, 1.165) is 29.8 Å². The lowest BCUT2D eigenvalue weighted by atomic mass is 10.2. The highest BCUT2D eigenvalue weighted by Crippen LogP contribution is 2.16. The highest BCUT2D eigenvalue weighted by atomic mass is 15.0. The average molecular weight is 254 g/mol. The van der Waals surface area contributed by atoms with Crippen molar-refractivity contribution in [1.29, 1.82) is 0 Å². The van der Waals surface area contributed by atoms with Crippen molar-refractivity contribution < 1.29 is 0 Å². The average Bonchev–Trinajstić information content (AvgIpc) is 2.98. The smallest absolute Gasteiger partial charge is 0.177 e. The molecule has 0 aromatic carbocycles. The third kappa shape index (κ3) is 2.38. The van der Waals surface area contributed by atoms with E-state index in [4.69, 9.17) is 0 Å². The van der Waals surface area contributed by atoms with Crippen LogP contribution in [0.1, 0.15) is 30.2 Å². The largest absolute Gasteiger partial charge is 0.350 e. The number of nitrogens with one attached hydrogen (secondary N) is 1. The lowest BCUT2D eigenvalue weighted by Gasteiger charge is -2.05. The van der Waals surface area contributed by atoms with Gasteiger partial charge in [0, 0.05) is 30.2 Å². The summed E-state index contributed by atoms with van der Waals surface area (Å²) in [7, 11) is 0. The van der Waals surface area contributed by atoms with Crippen LogP contribution in [0, 0.1) is 6.92 Å². The summed E-state index contributed by atoms with van der Waals surface area (Å²) in [6.45, 7) is 5.07. The molecule has 4 nitrogen and oxygen atoms in total. The minimum absolute atomic E-state index is 0.802. The van der Waals surface area contributed by atoms with Gasteiger partial charge in [0.25, 0.3) is 0 Å². The molecule has 0 atom stereocenters. The molecule has 1 N–H and O–H groups in total. The van der Waals surface area contributed by atoms with Crippen LogP contribution in [0.15, 0.2) is 30.9 Å². The topological polar surface area (TPSA) is 46.5 Å². The van der Waals surface area contributed by atoms with Gasteiger partial charge in [-0.2, -0.15) is 0 Å². The van der Waals surface area contributed by atoms with Crippen LogP contribution in [0.5, 0.6) is 0 Å². The normalized spacial score (nSPS) is 11.3. The molecule has 98 valence electrons. The maximum absolute atomic E-state index is 4.42.